The highest BCUT2D eigenvalue weighted by molar-refractivity contribution is 7.13. The van der Waals surface area contributed by atoms with E-state index in [2.05, 4.69) is 15.5 Å². The number of carbonyl (C=O) groups excluding carboxylic acids is 1. The van der Waals surface area contributed by atoms with Crippen LogP contribution in [0.25, 0.3) is 10.6 Å². The summed E-state index contributed by atoms with van der Waals surface area (Å²) in [6, 6.07) is 3.27. The van der Waals surface area contributed by atoms with Crippen LogP contribution in [0.2, 0.25) is 0 Å². The highest BCUT2D eigenvalue weighted by atomic mass is 32.1. The minimum atomic E-state index is -4.98. The van der Waals surface area contributed by atoms with Gasteiger partial charge in [0.1, 0.15) is 0 Å². The molecule has 2 aromatic heterocycles. The molecule has 0 aromatic carbocycles. The lowest BCUT2D eigenvalue weighted by Gasteiger charge is -2.33. The van der Waals surface area contributed by atoms with Crippen molar-refractivity contribution in [3.8, 4) is 10.6 Å². The molecule has 0 fully saturated rings. The molecule has 2 aromatic rings. The van der Waals surface area contributed by atoms with Crippen molar-refractivity contribution in [2.24, 2.45) is 0 Å². The maximum Gasteiger partial charge on any atom is 0.422 e. The number of aliphatic hydroxyl groups is 1. The molecule has 1 atom stereocenters. The van der Waals surface area contributed by atoms with Gasteiger partial charge in [0.25, 0.3) is 0 Å². The highest BCUT2D eigenvalue weighted by Gasteiger charge is 2.60. The Morgan fingerprint density at radius 2 is 2.20 bits per heavy atom. The Bertz CT molecular complexity index is 665. The van der Waals surface area contributed by atoms with Crippen LogP contribution in [-0.4, -0.2) is 27.4 Å². The topological polar surface area (TPSA) is 78.0 Å². The maximum atomic E-state index is 13.2. The number of nitrogens with one attached hydrogen (secondary N) is 2. The molecule has 0 bridgehead atoms. The van der Waals surface area contributed by atoms with Crippen LogP contribution in [0.1, 0.15) is 12.0 Å². The second-order valence-electron chi connectivity index (χ2n) is 4.38. The summed E-state index contributed by atoms with van der Waals surface area (Å²) in [5.74, 6) is -1.22. The first-order valence-corrected chi connectivity index (χ1v) is 6.42. The molecule has 20 heavy (non-hydrogen) atoms. The fourth-order valence-corrected chi connectivity index (χ4v) is 2.90. The molecule has 0 spiro atoms. The van der Waals surface area contributed by atoms with Gasteiger partial charge in [-0.05, 0) is 11.4 Å². The number of aromatic nitrogens is 2. The largest absolute Gasteiger partial charge is 0.422 e. The van der Waals surface area contributed by atoms with Crippen molar-refractivity contribution in [1.82, 2.24) is 10.2 Å². The molecule has 1 unspecified atom stereocenters. The first-order valence-electron chi connectivity index (χ1n) is 5.54. The van der Waals surface area contributed by atoms with Gasteiger partial charge in [-0.15, -0.1) is 11.3 Å². The van der Waals surface area contributed by atoms with Gasteiger partial charge in [-0.2, -0.15) is 18.3 Å². The Morgan fingerprint density at radius 1 is 1.45 bits per heavy atom. The summed E-state index contributed by atoms with van der Waals surface area (Å²) in [4.78, 5) is 11.9. The van der Waals surface area contributed by atoms with Crippen LogP contribution in [0.15, 0.2) is 17.5 Å². The van der Waals surface area contributed by atoms with Gasteiger partial charge in [-0.1, -0.05) is 6.07 Å². The van der Waals surface area contributed by atoms with Gasteiger partial charge >= 0.3 is 6.18 Å². The van der Waals surface area contributed by atoms with Gasteiger partial charge in [-0.3, -0.25) is 9.89 Å². The molecule has 0 radical (unpaired) electrons. The average Bonchev–Trinajstić information content (AvgIpc) is 2.93. The summed E-state index contributed by atoms with van der Waals surface area (Å²) in [7, 11) is 0. The van der Waals surface area contributed by atoms with Crippen LogP contribution in [0.3, 0.4) is 0 Å². The molecule has 1 amide bonds. The van der Waals surface area contributed by atoms with E-state index >= 15 is 0 Å². The Balaban J connectivity index is 2.25. The first-order chi connectivity index (χ1) is 9.33. The van der Waals surface area contributed by atoms with Gasteiger partial charge in [0.15, 0.2) is 11.4 Å². The number of H-pyrrole nitrogens is 1. The Kier molecular flexibility index (Phi) is 2.67. The number of nitrogens with zero attached hydrogens (tertiary/aromatic N) is 1. The van der Waals surface area contributed by atoms with Gasteiger partial charge in [0.2, 0.25) is 5.91 Å². The molecule has 1 aliphatic heterocycles. The van der Waals surface area contributed by atoms with Gasteiger partial charge in [0, 0.05) is 0 Å². The van der Waals surface area contributed by atoms with Gasteiger partial charge in [-0.25, -0.2) is 0 Å². The van der Waals surface area contributed by atoms with E-state index < -0.39 is 29.7 Å². The molecule has 106 valence electrons. The van der Waals surface area contributed by atoms with Crippen molar-refractivity contribution in [2.75, 3.05) is 5.32 Å². The summed E-state index contributed by atoms with van der Waals surface area (Å²) in [6.07, 6.45) is -6.06. The Labute approximate surface area is 114 Å². The monoisotopic (exact) mass is 303 g/mol. The molecule has 1 aliphatic rings. The number of thiophene rings is 1. The fraction of sp³-hybridized carbons (Fsp3) is 0.273. The van der Waals surface area contributed by atoms with E-state index in [1.165, 1.54) is 11.3 Å². The van der Waals surface area contributed by atoms with Crippen molar-refractivity contribution in [1.29, 1.82) is 0 Å². The summed E-state index contributed by atoms with van der Waals surface area (Å²) >= 11 is 1.20. The number of alkyl halides is 3. The van der Waals surface area contributed by atoms with E-state index in [1.54, 1.807) is 17.5 Å². The molecule has 5 nitrogen and oxygen atoms in total. The summed E-state index contributed by atoms with van der Waals surface area (Å²) in [6.45, 7) is 0. The van der Waals surface area contributed by atoms with Gasteiger partial charge in [0.05, 0.1) is 22.6 Å². The van der Waals surface area contributed by atoms with E-state index in [4.69, 9.17) is 0 Å². The van der Waals surface area contributed by atoms with E-state index in [9.17, 15) is 23.1 Å². The van der Waals surface area contributed by atoms with E-state index in [-0.39, 0.29) is 11.5 Å². The molecule has 9 heteroatoms. The molecule has 3 heterocycles. The zero-order chi connectivity index (χ0) is 14.5. The standard InChI is InChI=1S/C11H8F3N3O2S/c12-11(13,14)10(19)4-6(18)15-9-7(10)8(16-17-9)5-2-1-3-20-5/h1-3,19H,4H2,(H2,15,16,17,18). The number of halogens is 3. The van der Waals surface area contributed by atoms with Gasteiger partial charge < -0.3 is 10.4 Å². The third-order valence-electron chi connectivity index (χ3n) is 3.09. The molecular weight excluding hydrogens is 295 g/mol. The maximum absolute atomic E-state index is 13.2. The normalized spacial score (nSPS) is 22.5. The SMILES string of the molecule is O=C1CC(O)(C(F)(F)F)c2c(n[nH]c2-c2cccs2)N1. The van der Waals surface area contributed by atoms with Crippen molar-refractivity contribution in [3.63, 3.8) is 0 Å². The number of amides is 1. The van der Waals surface area contributed by atoms with E-state index in [1.807, 2.05) is 0 Å². The van der Waals surface area contributed by atoms with Crippen LogP contribution >= 0.6 is 11.3 Å². The lowest BCUT2D eigenvalue weighted by molar-refractivity contribution is -0.267. The third-order valence-corrected chi connectivity index (χ3v) is 3.98. The number of fused-ring (bicyclic) bond motifs is 1. The minimum absolute atomic E-state index is 0.0647. The van der Waals surface area contributed by atoms with Crippen LogP contribution in [0, 0.1) is 0 Å². The van der Waals surface area contributed by atoms with Crippen LogP contribution in [0.5, 0.6) is 0 Å². The van der Waals surface area contributed by atoms with Crippen molar-refractivity contribution in [3.05, 3.63) is 23.1 Å². The number of hydrogen-bond acceptors (Lipinski definition) is 4. The predicted molar refractivity (Wildman–Crippen MR) is 65.1 cm³/mol. The molecular formula is C11H8F3N3O2S. The van der Waals surface area contributed by atoms with Crippen molar-refractivity contribution < 1.29 is 23.1 Å². The second kappa shape index (κ2) is 4.06. The fourth-order valence-electron chi connectivity index (χ4n) is 2.17. The number of aromatic amines is 1. The van der Waals surface area contributed by atoms with Crippen molar-refractivity contribution in [2.45, 2.75) is 18.2 Å². The second-order valence-corrected chi connectivity index (χ2v) is 5.33. The number of hydrogen-bond donors (Lipinski definition) is 3. The number of anilines is 1. The first kappa shape index (κ1) is 13.1. The minimum Gasteiger partial charge on any atom is -0.376 e. The summed E-state index contributed by atoms with van der Waals surface area (Å²) in [5, 5.41) is 20.1. The third kappa shape index (κ3) is 1.74. The zero-order valence-corrected chi connectivity index (χ0v) is 10.6. The van der Waals surface area contributed by atoms with Crippen LogP contribution in [-0.2, 0) is 10.4 Å². The Hall–Kier alpha value is -1.87. The smallest absolute Gasteiger partial charge is 0.376 e. The Morgan fingerprint density at radius 3 is 2.80 bits per heavy atom. The quantitative estimate of drug-likeness (QED) is 0.756. The lowest BCUT2D eigenvalue weighted by Crippen LogP contribution is -2.48. The predicted octanol–water partition coefficient (Wildman–Crippen LogP) is 2.23. The molecule has 0 saturated heterocycles. The lowest BCUT2D eigenvalue weighted by atomic mass is 9.86. The average molecular weight is 303 g/mol. The molecule has 3 rings (SSSR count). The zero-order valence-electron chi connectivity index (χ0n) is 9.78. The van der Waals surface area contributed by atoms with E-state index in [0.717, 1.165) is 0 Å². The summed E-state index contributed by atoms with van der Waals surface area (Å²) in [5.41, 5.74) is -3.61. The molecule has 0 saturated carbocycles. The molecule has 3 N–H and O–H groups in total. The number of carbonyl (C=O) groups is 1. The number of rotatable bonds is 1. The van der Waals surface area contributed by atoms with Crippen molar-refractivity contribution >= 4 is 23.1 Å². The summed E-state index contributed by atoms with van der Waals surface area (Å²) < 4.78 is 39.6. The molecule has 0 aliphatic carbocycles. The highest BCUT2D eigenvalue weighted by Crippen LogP contribution is 2.49. The van der Waals surface area contributed by atoms with Crippen LogP contribution < -0.4 is 5.32 Å². The van der Waals surface area contributed by atoms with Crippen LogP contribution in [0.4, 0.5) is 19.0 Å². The van der Waals surface area contributed by atoms with E-state index in [0.29, 0.717) is 4.88 Å².